The molecule has 0 radical (unpaired) electrons. The fourth-order valence-corrected chi connectivity index (χ4v) is 3.64. The minimum atomic E-state index is 0.842. The van der Waals surface area contributed by atoms with Gasteiger partial charge in [-0.05, 0) is 57.4 Å². The van der Waals surface area contributed by atoms with Gasteiger partial charge in [0.15, 0.2) is 0 Å². The van der Waals surface area contributed by atoms with Crippen LogP contribution in [0.2, 0.25) is 0 Å². The second-order valence-electron chi connectivity index (χ2n) is 6.95. The van der Waals surface area contributed by atoms with Crippen molar-refractivity contribution in [3.05, 3.63) is 40.6 Å². The molecule has 0 amide bonds. The number of rotatable bonds is 2. The van der Waals surface area contributed by atoms with E-state index < -0.39 is 0 Å². The highest BCUT2D eigenvalue weighted by molar-refractivity contribution is 5.88. The van der Waals surface area contributed by atoms with E-state index in [1.165, 1.54) is 41.5 Å². The van der Waals surface area contributed by atoms with E-state index in [4.69, 9.17) is 0 Å². The van der Waals surface area contributed by atoms with Crippen LogP contribution >= 0.6 is 0 Å². The number of hydrogen-bond acceptors (Lipinski definition) is 1. The Morgan fingerprint density at radius 2 is 2.10 bits per heavy atom. The van der Waals surface area contributed by atoms with Gasteiger partial charge >= 0.3 is 0 Å². The number of hydrogen-bond donors (Lipinski definition) is 0. The van der Waals surface area contributed by atoms with Gasteiger partial charge in [0.05, 0.1) is 5.52 Å². The van der Waals surface area contributed by atoms with Gasteiger partial charge in [-0.15, -0.1) is 0 Å². The Morgan fingerprint density at radius 1 is 1.29 bits per heavy atom. The minimum Gasteiger partial charge on any atom is -0.320 e. The first kappa shape index (κ1) is 13.1. The van der Waals surface area contributed by atoms with E-state index in [-0.39, 0.29) is 0 Å². The number of benzene rings is 1. The number of allylic oxidation sites excluding steroid dienone is 1. The summed E-state index contributed by atoms with van der Waals surface area (Å²) in [6.45, 7) is 6.75. The number of fused-ring (bicyclic) bond motifs is 3. The van der Waals surface area contributed by atoms with Gasteiger partial charge in [0.25, 0.3) is 0 Å². The first-order valence-electron chi connectivity index (χ1n) is 8.12. The maximum Gasteiger partial charge on any atom is 0.0528 e. The molecule has 0 spiro atoms. The van der Waals surface area contributed by atoms with E-state index in [1.807, 2.05) is 0 Å². The molecule has 2 heteroatoms. The molecule has 1 aromatic carbocycles. The molecule has 2 heterocycles. The van der Waals surface area contributed by atoms with Crippen LogP contribution in [0.5, 0.6) is 0 Å². The van der Waals surface area contributed by atoms with Crippen LogP contribution in [0, 0.1) is 12.8 Å². The van der Waals surface area contributed by atoms with Crippen molar-refractivity contribution in [3.63, 3.8) is 0 Å². The summed E-state index contributed by atoms with van der Waals surface area (Å²) in [4.78, 5) is 2.44. The number of aryl methyl sites for hydroxylation is 1. The van der Waals surface area contributed by atoms with E-state index in [9.17, 15) is 0 Å². The smallest absolute Gasteiger partial charge is 0.0528 e. The summed E-state index contributed by atoms with van der Waals surface area (Å²) in [7, 11) is 2.23. The van der Waals surface area contributed by atoms with Gasteiger partial charge in [-0.2, -0.15) is 0 Å². The van der Waals surface area contributed by atoms with E-state index in [2.05, 4.69) is 54.8 Å². The second-order valence-corrected chi connectivity index (χ2v) is 6.95. The topological polar surface area (TPSA) is 8.17 Å². The van der Waals surface area contributed by atoms with Gasteiger partial charge in [-0.3, -0.25) is 0 Å². The van der Waals surface area contributed by atoms with Crippen molar-refractivity contribution < 1.29 is 0 Å². The Kier molecular flexibility index (Phi) is 2.97. The molecular formula is C19H24N2. The monoisotopic (exact) mass is 280 g/mol. The molecule has 1 aliphatic carbocycles. The van der Waals surface area contributed by atoms with Crippen LogP contribution in [0.3, 0.4) is 0 Å². The molecule has 0 N–H and O–H groups in total. The summed E-state index contributed by atoms with van der Waals surface area (Å²) >= 11 is 0. The van der Waals surface area contributed by atoms with E-state index in [0.717, 1.165) is 18.9 Å². The molecule has 21 heavy (non-hydrogen) atoms. The normalized spacial score (nSPS) is 20.0. The van der Waals surface area contributed by atoms with Crippen molar-refractivity contribution >= 4 is 17.1 Å². The first-order valence-corrected chi connectivity index (χ1v) is 8.12. The van der Waals surface area contributed by atoms with Gasteiger partial charge in [0.2, 0.25) is 0 Å². The van der Waals surface area contributed by atoms with Crippen molar-refractivity contribution in [1.29, 1.82) is 0 Å². The quantitative estimate of drug-likeness (QED) is 0.800. The number of likely N-dealkylation sites (N-methyl/N-ethyl adjacent to an activating group) is 1. The highest BCUT2D eigenvalue weighted by atomic mass is 15.1. The summed E-state index contributed by atoms with van der Waals surface area (Å²) in [5, 5.41) is 1.45. The SMILES string of the molecule is CC(=Cn1c2c(c3cc(C)ccc31)CN(C)CC2)C1CC1. The van der Waals surface area contributed by atoms with Crippen molar-refractivity contribution in [2.45, 2.75) is 39.7 Å². The van der Waals surface area contributed by atoms with E-state index in [0.29, 0.717) is 0 Å². The number of nitrogens with zero attached hydrogens (tertiary/aromatic N) is 2. The standard InChI is InChI=1S/C19H24N2/c1-13-4-7-18-16(10-13)17-12-20(3)9-8-19(17)21(18)11-14(2)15-5-6-15/h4,7,10-11,15H,5-6,8-9,12H2,1-3H3. The lowest BCUT2D eigenvalue weighted by Gasteiger charge is -2.23. The predicted molar refractivity (Wildman–Crippen MR) is 89.4 cm³/mol. The average molecular weight is 280 g/mol. The summed E-state index contributed by atoms with van der Waals surface area (Å²) < 4.78 is 2.49. The lowest BCUT2D eigenvalue weighted by Crippen LogP contribution is -2.26. The average Bonchev–Trinajstić information content (AvgIpc) is 3.26. The Morgan fingerprint density at radius 3 is 2.86 bits per heavy atom. The van der Waals surface area contributed by atoms with E-state index >= 15 is 0 Å². The Hall–Kier alpha value is -1.54. The lowest BCUT2D eigenvalue weighted by molar-refractivity contribution is 0.312. The van der Waals surface area contributed by atoms with Crippen LogP contribution in [-0.2, 0) is 13.0 Å². The summed E-state index contributed by atoms with van der Waals surface area (Å²) in [5.41, 5.74) is 7.38. The molecule has 2 aromatic rings. The molecule has 1 fully saturated rings. The molecule has 4 rings (SSSR count). The Balaban J connectivity index is 1.94. The molecule has 1 aliphatic heterocycles. The molecule has 0 unspecified atom stereocenters. The number of aromatic nitrogens is 1. The minimum absolute atomic E-state index is 0.842. The van der Waals surface area contributed by atoms with Crippen LogP contribution in [0.4, 0.5) is 0 Å². The fourth-order valence-electron chi connectivity index (χ4n) is 3.64. The maximum atomic E-state index is 2.49. The van der Waals surface area contributed by atoms with Gasteiger partial charge in [0.1, 0.15) is 0 Å². The predicted octanol–water partition coefficient (Wildman–Crippen LogP) is 4.21. The van der Waals surface area contributed by atoms with Crippen LogP contribution in [0.1, 0.15) is 36.6 Å². The van der Waals surface area contributed by atoms with Gasteiger partial charge in [0, 0.05) is 36.8 Å². The second kappa shape index (κ2) is 4.74. The molecule has 2 aliphatic rings. The summed E-state index contributed by atoms with van der Waals surface area (Å²) in [6, 6.07) is 6.91. The summed E-state index contributed by atoms with van der Waals surface area (Å²) in [5.74, 6) is 0.842. The molecule has 2 nitrogen and oxygen atoms in total. The third-order valence-corrected chi connectivity index (χ3v) is 5.09. The van der Waals surface area contributed by atoms with Crippen LogP contribution < -0.4 is 0 Å². The molecule has 1 saturated carbocycles. The summed E-state index contributed by atoms with van der Waals surface area (Å²) in [6.07, 6.45) is 6.34. The van der Waals surface area contributed by atoms with Crippen molar-refractivity contribution in [2.24, 2.45) is 5.92 Å². The Bertz CT molecular complexity index is 732. The van der Waals surface area contributed by atoms with Crippen LogP contribution in [-0.4, -0.2) is 23.1 Å². The highest BCUT2D eigenvalue weighted by Crippen LogP contribution is 2.38. The molecule has 1 aromatic heterocycles. The third kappa shape index (κ3) is 2.22. The maximum absolute atomic E-state index is 2.49. The molecule has 0 saturated heterocycles. The zero-order valence-electron chi connectivity index (χ0n) is 13.3. The van der Waals surface area contributed by atoms with Gasteiger partial charge < -0.3 is 9.47 Å². The largest absolute Gasteiger partial charge is 0.320 e. The van der Waals surface area contributed by atoms with Crippen molar-refractivity contribution in [2.75, 3.05) is 13.6 Å². The molecule has 0 bridgehead atoms. The van der Waals surface area contributed by atoms with E-state index in [1.54, 1.807) is 11.1 Å². The fraction of sp³-hybridized carbons (Fsp3) is 0.474. The first-order chi connectivity index (χ1) is 10.1. The molecule has 0 atom stereocenters. The third-order valence-electron chi connectivity index (χ3n) is 5.09. The van der Waals surface area contributed by atoms with Gasteiger partial charge in [-0.1, -0.05) is 17.2 Å². The zero-order chi connectivity index (χ0) is 14.6. The molecular weight excluding hydrogens is 256 g/mol. The lowest BCUT2D eigenvalue weighted by atomic mass is 10.0. The van der Waals surface area contributed by atoms with Crippen LogP contribution in [0.15, 0.2) is 23.8 Å². The van der Waals surface area contributed by atoms with Gasteiger partial charge in [-0.25, -0.2) is 0 Å². The van der Waals surface area contributed by atoms with Crippen LogP contribution in [0.25, 0.3) is 17.1 Å². The molecule has 110 valence electrons. The zero-order valence-corrected chi connectivity index (χ0v) is 13.3. The highest BCUT2D eigenvalue weighted by Gasteiger charge is 2.25. The van der Waals surface area contributed by atoms with Crippen molar-refractivity contribution in [3.8, 4) is 0 Å². The Labute approximate surface area is 127 Å². The van der Waals surface area contributed by atoms with Crippen molar-refractivity contribution in [1.82, 2.24) is 9.47 Å².